The number of hydrogen-bond donors (Lipinski definition) is 0. The maximum absolute atomic E-state index is 12.8. The Balaban J connectivity index is 1.50. The lowest BCUT2D eigenvalue weighted by Gasteiger charge is -2.35. The molecular formula is C26H27N7O5. The highest BCUT2D eigenvalue weighted by molar-refractivity contribution is 5.70. The second-order valence-electron chi connectivity index (χ2n) is 8.48. The van der Waals surface area contributed by atoms with Crippen molar-refractivity contribution in [2.24, 2.45) is 7.05 Å². The molecule has 4 heterocycles. The average molecular weight is 518 g/mol. The Labute approximate surface area is 218 Å². The maximum atomic E-state index is 12.8. The molecular weight excluding hydrogens is 490 g/mol. The van der Waals surface area contributed by atoms with Crippen molar-refractivity contribution in [1.29, 1.82) is 0 Å². The number of benzene rings is 1. The fourth-order valence-corrected chi connectivity index (χ4v) is 4.36. The third-order valence-corrected chi connectivity index (χ3v) is 6.30. The molecule has 0 spiro atoms. The lowest BCUT2D eigenvalue weighted by molar-refractivity contribution is 0.0375. The van der Waals surface area contributed by atoms with Crippen LogP contribution in [0.15, 0.2) is 53.8 Å². The van der Waals surface area contributed by atoms with Crippen molar-refractivity contribution in [1.82, 2.24) is 29.5 Å². The van der Waals surface area contributed by atoms with Crippen LogP contribution in [-0.2, 0) is 11.8 Å². The molecule has 0 bridgehead atoms. The summed E-state index contributed by atoms with van der Waals surface area (Å²) >= 11 is 0. The highest BCUT2D eigenvalue weighted by Crippen LogP contribution is 2.37. The molecule has 5 rings (SSSR count). The van der Waals surface area contributed by atoms with Gasteiger partial charge >= 0.3 is 6.01 Å². The largest absolute Gasteiger partial charge is 0.496 e. The highest BCUT2D eigenvalue weighted by atomic mass is 16.5. The van der Waals surface area contributed by atoms with Gasteiger partial charge in [0.25, 0.3) is 5.56 Å². The molecule has 1 aromatic carbocycles. The fraction of sp³-hybridized carbons (Fsp3) is 0.308. The zero-order valence-electron chi connectivity index (χ0n) is 21.5. The van der Waals surface area contributed by atoms with Crippen LogP contribution in [0.4, 0.5) is 5.95 Å². The first kappa shape index (κ1) is 25.1. The van der Waals surface area contributed by atoms with Crippen LogP contribution >= 0.6 is 0 Å². The standard InChI is InChI=1S/C26H27N7O5/c1-32-23(34)12-20(19-7-8-27-15-29-19)30-26(32)33-9-10-38-22(14-33)17-11-16(5-6-21(17)35-2)18-13-28-25(37-4)31-24(18)36-3/h5-8,11-13,15,22H,9-10,14H2,1-4H3. The van der Waals surface area contributed by atoms with Crippen molar-refractivity contribution in [2.45, 2.75) is 6.10 Å². The summed E-state index contributed by atoms with van der Waals surface area (Å²) in [7, 11) is 6.37. The van der Waals surface area contributed by atoms with Crippen LogP contribution < -0.4 is 24.7 Å². The SMILES string of the molecule is COc1ncc(-c2ccc(OC)c(C3CN(c4nc(-c5ccncn5)cc(=O)n4C)CCO3)c2)c(OC)n1. The Bertz CT molecular complexity index is 1500. The molecule has 3 aromatic heterocycles. The molecule has 1 aliphatic rings. The van der Waals surface area contributed by atoms with Crippen LogP contribution in [0.2, 0.25) is 0 Å². The van der Waals surface area contributed by atoms with Gasteiger partial charge in [0.15, 0.2) is 0 Å². The van der Waals surface area contributed by atoms with E-state index in [1.54, 1.807) is 39.7 Å². The number of anilines is 1. The van der Waals surface area contributed by atoms with E-state index in [9.17, 15) is 4.79 Å². The molecule has 1 aliphatic heterocycles. The lowest BCUT2D eigenvalue weighted by Crippen LogP contribution is -2.41. The molecule has 1 saturated heterocycles. The van der Waals surface area contributed by atoms with Gasteiger partial charge in [0.05, 0.1) is 51.4 Å². The first-order valence-corrected chi connectivity index (χ1v) is 11.9. The summed E-state index contributed by atoms with van der Waals surface area (Å²) in [5, 5.41) is 0. The fourth-order valence-electron chi connectivity index (χ4n) is 4.36. The normalized spacial score (nSPS) is 15.3. The molecule has 0 saturated carbocycles. The molecule has 196 valence electrons. The number of nitrogens with zero attached hydrogens (tertiary/aromatic N) is 7. The average Bonchev–Trinajstić information content (AvgIpc) is 2.98. The van der Waals surface area contributed by atoms with E-state index in [-0.39, 0.29) is 17.7 Å². The van der Waals surface area contributed by atoms with Crippen LogP contribution in [-0.4, -0.2) is 70.5 Å². The molecule has 1 unspecified atom stereocenters. The summed E-state index contributed by atoms with van der Waals surface area (Å²) in [5.41, 5.74) is 3.25. The van der Waals surface area contributed by atoms with Gasteiger partial charge in [-0.15, -0.1) is 0 Å². The smallest absolute Gasteiger partial charge is 0.319 e. The second kappa shape index (κ2) is 10.8. The van der Waals surface area contributed by atoms with Gasteiger partial charge < -0.3 is 23.8 Å². The molecule has 1 atom stereocenters. The summed E-state index contributed by atoms with van der Waals surface area (Å²) < 4.78 is 24.0. The number of rotatable bonds is 7. The Morgan fingerprint density at radius 3 is 2.61 bits per heavy atom. The van der Waals surface area contributed by atoms with Crippen LogP contribution in [0, 0.1) is 0 Å². The minimum atomic E-state index is -0.358. The molecule has 12 heteroatoms. The van der Waals surface area contributed by atoms with E-state index in [1.165, 1.54) is 24.1 Å². The van der Waals surface area contributed by atoms with E-state index in [0.29, 0.717) is 54.2 Å². The Morgan fingerprint density at radius 2 is 1.87 bits per heavy atom. The summed E-state index contributed by atoms with van der Waals surface area (Å²) in [6.45, 7) is 1.44. The summed E-state index contributed by atoms with van der Waals surface area (Å²) in [6, 6.07) is 9.17. The van der Waals surface area contributed by atoms with E-state index >= 15 is 0 Å². The highest BCUT2D eigenvalue weighted by Gasteiger charge is 2.28. The molecule has 38 heavy (non-hydrogen) atoms. The van der Waals surface area contributed by atoms with Crippen LogP contribution in [0.5, 0.6) is 17.6 Å². The Hall–Kier alpha value is -4.58. The zero-order valence-corrected chi connectivity index (χ0v) is 21.5. The minimum Gasteiger partial charge on any atom is -0.496 e. The van der Waals surface area contributed by atoms with Gasteiger partial charge in [-0.1, -0.05) is 6.07 Å². The van der Waals surface area contributed by atoms with Gasteiger partial charge in [-0.25, -0.2) is 19.9 Å². The van der Waals surface area contributed by atoms with Crippen molar-refractivity contribution < 1.29 is 18.9 Å². The number of hydrogen-bond acceptors (Lipinski definition) is 11. The number of methoxy groups -OCH3 is 3. The number of aromatic nitrogens is 6. The summed E-state index contributed by atoms with van der Waals surface area (Å²) in [4.78, 5) is 36.3. The predicted molar refractivity (Wildman–Crippen MR) is 139 cm³/mol. The van der Waals surface area contributed by atoms with Crippen LogP contribution in [0.3, 0.4) is 0 Å². The summed E-state index contributed by atoms with van der Waals surface area (Å²) in [6.07, 6.45) is 4.35. The van der Waals surface area contributed by atoms with E-state index in [0.717, 1.165) is 11.1 Å². The number of ether oxygens (including phenoxy) is 4. The monoisotopic (exact) mass is 517 g/mol. The van der Waals surface area contributed by atoms with Crippen LogP contribution in [0.1, 0.15) is 11.7 Å². The van der Waals surface area contributed by atoms with Crippen molar-refractivity contribution >= 4 is 5.95 Å². The van der Waals surface area contributed by atoms with Crippen molar-refractivity contribution in [3.8, 4) is 40.2 Å². The van der Waals surface area contributed by atoms with E-state index < -0.39 is 0 Å². The first-order chi connectivity index (χ1) is 18.5. The van der Waals surface area contributed by atoms with Gasteiger partial charge in [-0.2, -0.15) is 4.98 Å². The van der Waals surface area contributed by atoms with Gasteiger partial charge in [-0.05, 0) is 23.8 Å². The van der Waals surface area contributed by atoms with Crippen molar-refractivity contribution in [2.75, 3.05) is 45.9 Å². The Morgan fingerprint density at radius 1 is 1.00 bits per heavy atom. The summed E-state index contributed by atoms with van der Waals surface area (Å²) in [5.74, 6) is 1.59. The van der Waals surface area contributed by atoms with Gasteiger partial charge in [0.2, 0.25) is 11.8 Å². The van der Waals surface area contributed by atoms with Gasteiger partial charge in [0, 0.05) is 37.6 Å². The van der Waals surface area contributed by atoms with E-state index in [4.69, 9.17) is 23.9 Å². The van der Waals surface area contributed by atoms with Gasteiger partial charge in [0.1, 0.15) is 18.2 Å². The van der Waals surface area contributed by atoms with Gasteiger partial charge in [-0.3, -0.25) is 9.36 Å². The predicted octanol–water partition coefficient (Wildman–Crippen LogP) is 2.30. The van der Waals surface area contributed by atoms with Crippen molar-refractivity contribution in [3.05, 3.63) is 65.0 Å². The Kier molecular flexibility index (Phi) is 7.13. The molecule has 4 aromatic rings. The quantitative estimate of drug-likeness (QED) is 0.358. The van der Waals surface area contributed by atoms with Crippen LogP contribution in [0.25, 0.3) is 22.5 Å². The molecule has 0 radical (unpaired) electrons. The molecule has 0 amide bonds. The third-order valence-electron chi connectivity index (χ3n) is 6.30. The zero-order chi connectivity index (χ0) is 26.6. The topological polar surface area (TPSA) is 127 Å². The lowest BCUT2D eigenvalue weighted by atomic mass is 10.00. The molecule has 0 aliphatic carbocycles. The maximum Gasteiger partial charge on any atom is 0.319 e. The van der Waals surface area contributed by atoms with E-state index in [2.05, 4.69) is 19.9 Å². The molecule has 12 nitrogen and oxygen atoms in total. The van der Waals surface area contributed by atoms with E-state index in [1.807, 2.05) is 23.1 Å². The van der Waals surface area contributed by atoms with Crippen molar-refractivity contribution in [3.63, 3.8) is 0 Å². The number of morpholine rings is 1. The third kappa shape index (κ3) is 4.85. The first-order valence-electron chi connectivity index (χ1n) is 11.9. The minimum absolute atomic E-state index is 0.183. The molecule has 1 fully saturated rings. The second-order valence-corrected chi connectivity index (χ2v) is 8.48. The molecule has 0 N–H and O–H groups in total.